The van der Waals surface area contributed by atoms with E-state index < -0.39 is 0 Å². The summed E-state index contributed by atoms with van der Waals surface area (Å²) in [6.45, 7) is 1.74. The number of ether oxygens (including phenoxy) is 3. The Morgan fingerprint density at radius 1 is 0.750 bits per heavy atom. The summed E-state index contributed by atoms with van der Waals surface area (Å²) < 4.78 is 29.7. The lowest BCUT2D eigenvalue weighted by Crippen LogP contribution is -2.13. The summed E-state index contributed by atoms with van der Waals surface area (Å²) in [5.41, 5.74) is 3.09. The number of para-hydroxylation sites is 1. The minimum absolute atomic E-state index is 0.258. The lowest BCUT2D eigenvalue weighted by Gasteiger charge is -2.13. The van der Waals surface area contributed by atoms with E-state index in [1.165, 1.54) is 12.1 Å². The summed E-state index contributed by atoms with van der Waals surface area (Å²) in [6.07, 6.45) is 0. The van der Waals surface area contributed by atoms with Crippen LogP contribution in [0, 0.1) is 5.82 Å². The summed E-state index contributed by atoms with van der Waals surface area (Å²) >= 11 is 0. The fourth-order valence-electron chi connectivity index (χ4n) is 2.87. The molecule has 3 aromatic carbocycles. The molecule has 1 N–H and O–H groups in total. The van der Waals surface area contributed by atoms with Gasteiger partial charge in [0.05, 0.1) is 14.2 Å². The summed E-state index contributed by atoms with van der Waals surface area (Å²) in [5.74, 6) is 1.93. The van der Waals surface area contributed by atoms with E-state index in [1.807, 2.05) is 42.5 Å². The molecule has 0 bridgehead atoms. The van der Waals surface area contributed by atoms with Gasteiger partial charge in [0.2, 0.25) is 0 Å². The second kappa shape index (κ2) is 9.76. The number of rotatable bonds is 9. The van der Waals surface area contributed by atoms with Crippen LogP contribution in [-0.4, -0.2) is 14.2 Å². The lowest BCUT2D eigenvalue weighted by molar-refractivity contribution is 0.284. The summed E-state index contributed by atoms with van der Waals surface area (Å²) in [5, 5.41) is 3.41. The Labute approximate surface area is 164 Å². The van der Waals surface area contributed by atoms with Gasteiger partial charge in [0.25, 0.3) is 0 Å². The minimum atomic E-state index is -0.258. The zero-order valence-corrected chi connectivity index (χ0v) is 16.1. The maximum absolute atomic E-state index is 13.0. The maximum atomic E-state index is 13.0. The number of nitrogens with one attached hydrogen (secondary N) is 1. The Balaban J connectivity index is 1.58. The van der Waals surface area contributed by atoms with Gasteiger partial charge in [0, 0.05) is 18.7 Å². The SMILES string of the molecule is COc1ccccc1CNCc1ccc(OCc2ccc(F)cc2)c(OC)c1. The van der Waals surface area contributed by atoms with Crippen LogP contribution in [0.15, 0.2) is 66.7 Å². The molecule has 0 aliphatic heterocycles. The molecule has 0 unspecified atom stereocenters. The molecule has 0 spiro atoms. The van der Waals surface area contributed by atoms with Gasteiger partial charge in [-0.1, -0.05) is 36.4 Å². The Morgan fingerprint density at radius 3 is 2.21 bits per heavy atom. The summed E-state index contributed by atoms with van der Waals surface area (Å²) in [6, 6.07) is 20.0. The van der Waals surface area contributed by atoms with Gasteiger partial charge < -0.3 is 19.5 Å². The van der Waals surface area contributed by atoms with E-state index in [0.717, 1.165) is 22.4 Å². The van der Waals surface area contributed by atoms with Crippen molar-refractivity contribution in [3.63, 3.8) is 0 Å². The predicted octanol–water partition coefficient (Wildman–Crippen LogP) is 4.71. The van der Waals surface area contributed by atoms with Crippen LogP contribution in [0.25, 0.3) is 0 Å². The molecule has 4 nitrogen and oxygen atoms in total. The van der Waals surface area contributed by atoms with Crippen molar-refractivity contribution in [2.24, 2.45) is 0 Å². The van der Waals surface area contributed by atoms with E-state index >= 15 is 0 Å². The molecule has 0 heterocycles. The average Bonchev–Trinajstić information content (AvgIpc) is 2.74. The first-order chi connectivity index (χ1) is 13.7. The quantitative estimate of drug-likeness (QED) is 0.583. The van der Waals surface area contributed by atoms with Crippen molar-refractivity contribution in [1.29, 1.82) is 0 Å². The Hall–Kier alpha value is -3.05. The molecule has 0 atom stereocenters. The molecule has 0 aromatic heterocycles. The maximum Gasteiger partial charge on any atom is 0.161 e. The first-order valence-electron chi connectivity index (χ1n) is 9.06. The summed E-state index contributed by atoms with van der Waals surface area (Å²) in [4.78, 5) is 0. The van der Waals surface area contributed by atoms with Gasteiger partial charge in [-0.15, -0.1) is 0 Å². The van der Waals surface area contributed by atoms with Crippen molar-refractivity contribution >= 4 is 0 Å². The van der Waals surface area contributed by atoms with Gasteiger partial charge >= 0.3 is 0 Å². The third-order valence-electron chi connectivity index (χ3n) is 4.37. The van der Waals surface area contributed by atoms with E-state index in [4.69, 9.17) is 14.2 Å². The average molecular weight is 381 g/mol. The summed E-state index contributed by atoms with van der Waals surface area (Å²) in [7, 11) is 3.29. The molecule has 0 saturated heterocycles. The standard InChI is InChI=1S/C23H24FNO3/c1-26-21-6-4-3-5-19(21)15-25-14-18-9-12-22(23(13-18)27-2)28-16-17-7-10-20(24)11-8-17/h3-13,25H,14-16H2,1-2H3. The van der Waals surface area contributed by atoms with E-state index in [9.17, 15) is 4.39 Å². The van der Waals surface area contributed by atoms with Crippen molar-refractivity contribution in [2.45, 2.75) is 19.7 Å². The molecule has 28 heavy (non-hydrogen) atoms. The largest absolute Gasteiger partial charge is 0.496 e. The van der Waals surface area contributed by atoms with Crippen LogP contribution in [-0.2, 0) is 19.7 Å². The lowest BCUT2D eigenvalue weighted by atomic mass is 10.1. The second-order valence-electron chi connectivity index (χ2n) is 6.32. The topological polar surface area (TPSA) is 39.7 Å². The van der Waals surface area contributed by atoms with Gasteiger partial charge in [0.15, 0.2) is 11.5 Å². The highest BCUT2D eigenvalue weighted by Gasteiger charge is 2.07. The van der Waals surface area contributed by atoms with Crippen LogP contribution in [0.4, 0.5) is 4.39 Å². The van der Waals surface area contributed by atoms with E-state index in [2.05, 4.69) is 5.32 Å². The first-order valence-corrected chi connectivity index (χ1v) is 9.06. The van der Waals surface area contributed by atoms with Gasteiger partial charge in [-0.05, 0) is 41.5 Å². The van der Waals surface area contributed by atoms with Crippen LogP contribution in [0.3, 0.4) is 0 Å². The molecule has 0 fully saturated rings. The van der Waals surface area contributed by atoms with E-state index in [1.54, 1.807) is 26.4 Å². The number of hydrogen-bond donors (Lipinski definition) is 1. The second-order valence-corrected chi connectivity index (χ2v) is 6.32. The number of halogens is 1. The van der Waals surface area contributed by atoms with Crippen LogP contribution in [0.5, 0.6) is 17.2 Å². The Kier molecular flexibility index (Phi) is 6.87. The highest BCUT2D eigenvalue weighted by molar-refractivity contribution is 5.43. The van der Waals surface area contributed by atoms with E-state index in [0.29, 0.717) is 31.2 Å². The van der Waals surface area contributed by atoms with Crippen LogP contribution in [0.2, 0.25) is 0 Å². The van der Waals surface area contributed by atoms with E-state index in [-0.39, 0.29) is 5.82 Å². The minimum Gasteiger partial charge on any atom is -0.496 e. The van der Waals surface area contributed by atoms with Crippen molar-refractivity contribution in [3.05, 3.63) is 89.2 Å². The third-order valence-corrected chi connectivity index (χ3v) is 4.37. The van der Waals surface area contributed by atoms with Crippen molar-refractivity contribution in [2.75, 3.05) is 14.2 Å². The Morgan fingerprint density at radius 2 is 1.46 bits per heavy atom. The Bertz CT molecular complexity index is 897. The van der Waals surface area contributed by atoms with Crippen molar-refractivity contribution < 1.29 is 18.6 Å². The molecule has 3 aromatic rings. The molecule has 5 heteroatoms. The highest BCUT2D eigenvalue weighted by atomic mass is 19.1. The van der Waals surface area contributed by atoms with Gasteiger partial charge in [-0.25, -0.2) is 4.39 Å². The number of hydrogen-bond acceptors (Lipinski definition) is 4. The van der Waals surface area contributed by atoms with Crippen LogP contribution in [0.1, 0.15) is 16.7 Å². The number of benzene rings is 3. The van der Waals surface area contributed by atoms with Crippen LogP contribution >= 0.6 is 0 Å². The van der Waals surface area contributed by atoms with Crippen molar-refractivity contribution in [1.82, 2.24) is 5.32 Å². The normalized spacial score (nSPS) is 10.5. The zero-order chi connectivity index (χ0) is 19.8. The van der Waals surface area contributed by atoms with Gasteiger partial charge in [0.1, 0.15) is 18.2 Å². The van der Waals surface area contributed by atoms with Gasteiger partial charge in [-0.2, -0.15) is 0 Å². The molecule has 146 valence electrons. The number of methoxy groups -OCH3 is 2. The third kappa shape index (κ3) is 5.24. The molecular weight excluding hydrogens is 357 g/mol. The zero-order valence-electron chi connectivity index (χ0n) is 16.1. The molecule has 0 radical (unpaired) electrons. The monoisotopic (exact) mass is 381 g/mol. The smallest absolute Gasteiger partial charge is 0.161 e. The fourth-order valence-corrected chi connectivity index (χ4v) is 2.87. The van der Waals surface area contributed by atoms with Crippen molar-refractivity contribution in [3.8, 4) is 17.2 Å². The van der Waals surface area contributed by atoms with Gasteiger partial charge in [-0.3, -0.25) is 0 Å². The fraction of sp³-hybridized carbons (Fsp3) is 0.217. The molecule has 3 rings (SSSR count). The molecule has 0 aliphatic carbocycles. The highest BCUT2D eigenvalue weighted by Crippen LogP contribution is 2.29. The molecule has 0 amide bonds. The molecule has 0 saturated carbocycles. The molecular formula is C23H24FNO3. The molecule has 0 aliphatic rings. The van der Waals surface area contributed by atoms with Crippen LogP contribution < -0.4 is 19.5 Å². The first kappa shape index (κ1) is 19.7. The predicted molar refractivity (Wildman–Crippen MR) is 107 cm³/mol.